The molecule has 1 aliphatic rings. The van der Waals surface area contributed by atoms with Crippen LogP contribution in [0.5, 0.6) is 11.5 Å². The van der Waals surface area contributed by atoms with Crippen molar-refractivity contribution in [2.45, 2.75) is 13.8 Å². The number of carbonyl (C=O) groups is 3. The zero-order chi connectivity index (χ0) is 25.7. The topological polar surface area (TPSA) is 115 Å². The normalized spacial score (nSPS) is 15.6. The maximum absolute atomic E-state index is 12.9. The van der Waals surface area contributed by atoms with E-state index in [-0.39, 0.29) is 24.7 Å². The van der Waals surface area contributed by atoms with Crippen LogP contribution in [0.2, 0.25) is 0 Å². The summed E-state index contributed by atoms with van der Waals surface area (Å²) in [7, 11) is 3.10. The van der Waals surface area contributed by atoms with Gasteiger partial charge in [-0.05, 0) is 89.7 Å². The molecule has 1 amide bonds. The number of aliphatic imine (C=N–C) groups is 1. The first-order chi connectivity index (χ1) is 16.7. The van der Waals surface area contributed by atoms with Gasteiger partial charge in [0, 0.05) is 7.05 Å². The minimum absolute atomic E-state index is 0.159. The third kappa shape index (κ3) is 6.14. The van der Waals surface area contributed by atoms with Gasteiger partial charge in [-0.25, -0.2) is 14.6 Å². The average molecular weight is 610 g/mol. The van der Waals surface area contributed by atoms with Crippen LogP contribution < -0.4 is 9.47 Å². The second-order valence-electron chi connectivity index (χ2n) is 7.25. The van der Waals surface area contributed by atoms with Gasteiger partial charge in [0.15, 0.2) is 23.3 Å². The average Bonchev–Trinajstić information content (AvgIpc) is 3.07. The van der Waals surface area contributed by atoms with E-state index in [1.54, 1.807) is 51.2 Å². The first-order valence-corrected chi connectivity index (χ1v) is 12.3. The number of hydrogen-bond donors (Lipinski definition) is 1. The van der Waals surface area contributed by atoms with Gasteiger partial charge in [-0.2, -0.15) is 0 Å². The van der Waals surface area contributed by atoms with Gasteiger partial charge < -0.3 is 19.3 Å². The van der Waals surface area contributed by atoms with Crippen molar-refractivity contribution in [3.63, 3.8) is 0 Å². The number of nitrogens with zero attached hydrogens (tertiary/aromatic N) is 2. The monoisotopic (exact) mass is 610 g/mol. The molecule has 2 aromatic carbocycles. The molecule has 0 bridgehead atoms. The summed E-state index contributed by atoms with van der Waals surface area (Å²) in [6.07, 6.45) is 1.71. The van der Waals surface area contributed by atoms with Crippen molar-refractivity contribution in [2.75, 3.05) is 27.4 Å². The molecule has 1 N–H and O–H groups in total. The molecule has 0 aromatic heterocycles. The van der Waals surface area contributed by atoms with E-state index in [9.17, 15) is 19.5 Å². The molecule has 1 heterocycles. The summed E-state index contributed by atoms with van der Waals surface area (Å²) in [6, 6.07) is 8.35. The highest BCUT2D eigenvalue weighted by molar-refractivity contribution is 14.1. The van der Waals surface area contributed by atoms with Gasteiger partial charge >= 0.3 is 11.9 Å². The molecule has 1 saturated heterocycles. The molecule has 11 heteroatoms. The number of aromatic carboxylic acids is 1. The zero-order valence-corrected chi connectivity index (χ0v) is 22.4. The molecule has 1 aliphatic heterocycles. The molecule has 2 aromatic rings. The highest BCUT2D eigenvalue weighted by atomic mass is 127. The number of likely N-dealkylation sites (N-methyl/N-ethyl adjacent to an activating group) is 1. The molecule has 0 aliphatic carbocycles. The quantitative estimate of drug-likeness (QED) is 0.265. The fraction of sp³-hybridized carbons (Fsp3) is 0.250. The second-order valence-corrected chi connectivity index (χ2v) is 9.42. The molecule has 35 heavy (non-hydrogen) atoms. The molecule has 3 rings (SSSR count). The third-order valence-corrected chi connectivity index (χ3v) is 6.81. The van der Waals surface area contributed by atoms with E-state index in [4.69, 9.17) is 14.2 Å². The van der Waals surface area contributed by atoms with E-state index in [2.05, 4.69) is 27.6 Å². The van der Waals surface area contributed by atoms with Crippen LogP contribution in [0.25, 0.3) is 6.08 Å². The van der Waals surface area contributed by atoms with E-state index in [0.717, 1.165) is 0 Å². The van der Waals surface area contributed by atoms with Gasteiger partial charge in [-0.15, -0.1) is 0 Å². The molecular formula is C24H23IN2O7S. The molecule has 0 radical (unpaired) electrons. The molecule has 0 saturated carbocycles. The standard InChI is InChI=1S/C24H23IN2O7S/c1-5-33-20(28)12-34-21-16(25)9-14(10-18(21)32-4)11-19-22(29)27(3)24(35-19)26-17-8-6-7-15(13(17)2)23(30)31/h6-11H,5,12H2,1-4H3,(H,30,31)/b19-11-,26-24?. The lowest BCUT2D eigenvalue weighted by atomic mass is 10.1. The van der Waals surface area contributed by atoms with Crippen LogP contribution in [-0.4, -0.2) is 60.4 Å². The predicted octanol–water partition coefficient (Wildman–Crippen LogP) is 4.48. The summed E-state index contributed by atoms with van der Waals surface area (Å²) in [5.74, 6) is -0.943. The zero-order valence-electron chi connectivity index (χ0n) is 19.5. The maximum atomic E-state index is 12.9. The van der Waals surface area contributed by atoms with E-state index >= 15 is 0 Å². The molecule has 0 atom stereocenters. The molecule has 0 unspecified atom stereocenters. The van der Waals surface area contributed by atoms with Crippen molar-refractivity contribution < 1.29 is 33.7 Å². The van der Waals surface area contributed by atoms with Crippen LogP contribution in [-0.2, 0) is 14.3 Å². The lowest BCUT2D eigenvalue weighted by Gasteiger charge is -2.13. The van der Waals surface area contributed by atoms with Gasteiger partial charge in [0.05, 0.1) is 33.4 Å². The number of methoxy groups -OCH3 is 1. The van der Waals surface area contributed by atoms with Gasteiger partial charge in [-0.3, -0.25) is 9.69 Å². The summed E-state index contributed by atoms with van der Waals surface area (Å²) in [4.78, 5) is 42.3. The van der Waals surface area contributed by atoms with Crippen LogP contribution >= 0.6 is 34.4 Å². The molecule has 184 valence electrons. The SMILES string of the molecule is CCOC(=O)COc1c(I)cc(/C=C2\SC(=Nc3cccc(C(=O)O)c3C)N(C)C2=O)cc1OC. The van der Waals surface area contributed by atoms with Crippen molar-refractivity contribution in [3.8, 4) is 11.5 Å². The van der Waals surface area contributed by atoms with Gasteiger partial charge in [-0.1, -0.05) is 6.07 Å². The van der Waals surface area contributed by atoms with Crippen LogP contribution in [0.1, 0.15) is 28.4 Å². The number of rotatable bonds is 8. The van der Waals surface area contributed by atoms with E-state index in [1.165, 1.54) is 29.8 Å². The Morgan fingerprint density at radius 3 is 2.69 bits per heavy atom. The van der Waals surface area contributed by atoms with Gasteiger partial charge in [0.2, 0.25) is 0 Å². The number of thioether (sulfide) groups is 1. The molecule has 9 nitrogen and oxygen atoms in total. The van der Waals surface area contributed by atoms with Crippen LogP contribution in [0.15, 0.2) is 40.2 Å². The largest absolute Gasteiger partial charge is 0.493 e. The van der Waals surface area contributed by atoms with Gasteiger partial charge in [0.25, 0.3) is 5.91 Å². The van der Waals surface area contributed by atoms with Crippen molar-refractivity contribution >= 4 is 69.1 Å². The Morgan fingerprint density at radius 2 is 2.03 bits per heavy atom. The molecule has 0 spiro atoms. The Kier molecular flexibility index (Phi) is 8.78. The van der Waals surface area contributed by atoms with Gasteiger partial charge in [0.1, 0.15) is 0 Å². The lowest BCUT2D eigenvalue weighted by Crippen LogP contribution is -2.23. The summed E-state index contributed by atoms with van der Waals surface area (Å²) in [5, 5.41) is 9.78. The smallest absolute Gasteiger partial charge is 0.344 e. The van der Waals surface area contributed by atoms with E-state index in [0.29, 0.717) is 42.0 Å². The minimum Gasteiger partial charge on any atom is -0.493 e. The van der Waals surface area contributed by atoms with Crippen molar-refractivity contribution in [3.05, 3.63) is 55.5 Å². The van der Waals surface area contributed by atoms with Crippen molar-refractivity contribution in [2.24, 2.45) is 4.99 Å². The number of carbonyl (C=O) groups excluding carboxylic acids is 2. The fourth-order valence-electron chi connectivity index (χ4n) is 3.18. The lowest BCUT2D eigenvalue weighted by molar-refractivity contribution is -0.145. The number of amides is 1. The summed E-state index contributed by atoms with van der Waals surface area (Å²) in [5.41, 5.74) is 1.85. The van der Waals surface area contributed by atoms with E-state index in [1.807, 2.05) is 0 Å². The number of benzene rings is 2. The fourth-order valence-corrected chi connectivity index (χ4v) is 4.94. The summed E-state index contributed by atoms with van der Waals surface area (Å²) >= 11 is 3.26. The number of ether oxygens (including phenoxy) is 3. The molecular weight excluding hydrogens is 587 g/mol. The Bertz CT molecular complexity index is 1240. The Labute approximate surface area is 220 Å². The Hall–Kier alpha value is -3.06. The first kappa shape index (κ1) is 26.5. The predicted molar refractivity (Wildman–Crippen MR) is 141 cm³/mol. The number of amidine groups is 1. The maximum Gasteiger partial charge on any atom is 0.344 e. The number of carboxylic acids is 1. The first-order valence-electron chi connectivity index (χ1n) is 10.4. The molecule has 1 fully saturated rings. The van der Waals surface area contributed by atoms with Crippen LogP contribution in [0, 0.1) is 10.5 Å². The van der Waals surface area contributed by atoms with Crippen LogP contribution in [0.4, 0.5) is 5.69 Å². The summed E-state index contributed by atoms with van der Waals surface area (Å²) < 4.78 is 16.6. The second kappa shape index (κ2) is 11.6. The van der Waals surface area contributed by atoms with E-state index < -0.39 is 11.9 Å². The Morgan fingerprint density at radius 1 is 1.29 bits per heavy atom. The minimum atomic E-state index is -1.04. The number of carboxylic acid groups (broad SMARTS) is 1. The van der Waals surface area contributed by atoms with Crippen LogP contribution in [0.3, 0.4) is 0 Å². The number of halogens is 1. The number of esters is 1. The third-order valence-electron chi connectivity index (χ3n) is 4.94. The highest BCUT2D eigenvalue weighted by Crippen LogP contribution is 2.38. The number of hydrogen-bond acceptors (Lipinski definition) is 8. The Balaban J connectivity index is 1.89. The summed E-state index contributed by atoms with van der Waals surface area (Å²) in [6.45, 7) is 3.41. The highest BCUT2D eigenvalue weighted by Gasteiger charge is 2.31. The van der Waals surface area contributed by atoms with Crippen molar-refractivity contribution in [1.29, 1.82) is 0 Å². The van der Waals surface area contributed by atoms with Crippen molar-refractivity contribution in [1.82, 2.24) is 4.90 Å².